The minimum atomic E-state index is -4.37. The Bertz CT molecular complexity index is 1220. The summed E-state index contributed by atoms with van der Waals surface area (Å²) < 4.78 is 51.6. The molecule has 0 radical (unpaired) electrons. The Morgan fingerprint density at radius 2 is 2.08 bits per heavy atom. The smallest absolute Gasteiger partial charge is 0.393 e. The number of carbonyl (C=O) groups is 1. The highest BCUT2D eigenvalue weighted by Gasteiger charge is 2.44. The Morgan fingerprint density at radius 1 is 1.31 bits per heavy atom. The molecule has 0 unspecified atom stereocenters. The van der Waals surface area contributed by atoms with Crippen LogP contribution in [-0.2, 0) is 4.74 Å². The van der Waals surface area contributed by atoms with Crippen molar-refractivity contribution in [1.82, 2.24) is 9.88 Å². The van der Waals surface area contributed by atoms with Gasteiger partial charge in [-0.25, -0.2) is 0 Å². The summed E-state index contributed by atoms with van der Waals surface area (Å²) in [7, 11) is 1.74. The van der Waals surface area contributed by atoms with Crippen LogP contribution in [0.25, 0.3) is 6.08 Å². The van der Waals surface area contributed by atoms with E-state index in [0.29, 0.717) is 29.8 Å². The van der Waals surface area contributed by atoms with Gasteiger partial charge in [-0.3, -0.25) is 14.7 Å². The second-order valence-electron chi connectivity index (χ2n) is 10.4. The fourth-order valence-corrected chi connectivity index (χ4v) is 5.62. The van der Waals surface area contributed by atoms with Gasteiger partial charge in [0.05, 0.1) is 35.3 Å². The van der Waals surface area contributed by atoms with Crippen molar-refractivity contribution in [2.45, 2.75) is 37.6 Å². The number of hydrogen-bond donors (Lipinski definition) is 4. The number of fused-ring (bicyclic) bond motifs is 1. The fraction of sp³-hybridized carbons (Fsp3) is 0.538. The van der Waals surface area contributed by atoms with E-state index in [2.05, 4.69) is 20.5 Å². The van der Waals surface area contributed by atoms with E-state index in [9.17, 15) is 18.0 Å². The normalized spacial score (nSPS) is 22.7. The third kappa shape index (κ3) is 5.99. The van der Waals surface area contributed by atoms with Crippen LogP contribution in [0.1, 0.15) is 35.4 Å². The average molecular weight is 550 g/mol. The predicted molar refractivity (Wildman–Crippen MR) is 143 cm³/mol. The summed E-state index contributed by atoms with van der Waals surface area (Å²) >= 11 is 0. The number of alkyl halides is 3. The summed E-state index contributed by atoms with van der Waals surface area (Å²) in [6.07, 6.45) is 2.53. The van der Waals surface area contributed by atoms with Crippen LogP contribution in [0.15, 0.2) is 28.5 Å². The number of nitrogens with zero attached hydrogens (tertiary/aromatic N) is 3. The van der Waals surface area contributed by atoms with Gasteiger partial charge in [0.25, 0.3) is 5.91 Å². The maximum atomic E-state index is 13.5. The molecule has 0 bridgehead atoms. The van der Waals surface area contributed by atoms with E-state index in [-0.39, 0.29) is 36.6 Å². The van der Waals surface area contributed by atoms with E-state index in [4.69, 9.17) is 20.6 Å². The van der Waals surface area contributed by atoms with Gasteiger partial charge in [-0.2, -0.15) is 13.2 Å². The van der Waals surface area contributed by atoms with E-state index in [1.54, 1.807) is 18.1 Å². The van der Waals surface area contributed by atoms with Crippen molar-refractivity contribution < 1.29 is 27.1 Å². The van der Waals surface area contributed by atoms with Gasteiger partial charge < -0.3 is 36.2 Å². The monoisotopic (exact) mass is 549 g/mol. The first-order valence-corrected chi connectivity index (χ1v) is 13.1. The summed E-state index contributed by atoms with van der Waals surface area (Å²) in [5, 5.41) is 6.03. The van der Waals surface area contributed by atoms with Gasteiger partial charge in [0.15, 0.2) is 5.76 Å². The van der Waals surface area contributed by atoms with Gasteiger partial charge in [-0.1, -0.05) is 0 Å². The van der Waals surface area contributed by atoms with Gasteiger partial charge in [-0.15, -0.1) is 0 Å². The minimum absolute atomic E-state index is 0.0500. The number of anilines is 4. The highest BCUT2D eigenvalue weighted by atomic mass is 19.4. The second-order valence-corrected chi connectivity index (χ2v) is 10.4. The lowest BCUT2D eigenvalue weighted by Crippen LogP contribution is -2.51. The summed E-state index contributed by atoms with van der Waals surface area (Å²) in [6, 6.07) is 0.910. The average Bonchev–Trinajstić information content (AvgIpc) is 3.23. The van der Waals surface area contributed by atoms with Crippen molar-refractivity contribution in [3.05, 3.63) is 35.4 Å². The number of carbonyl (C=O) groups excluding carboxylic acids is 1. The number of halogens is 3. The Kier molecular flexibility index (Phi) is 7.74. The summed E-state index contributed by atoms with van der Waals surface area (Å²) in [5.41, 5.74) is 14.5. The molecule has 10 nitrogen and oxygen atoms in total. The Hall–Kier alpha value is -3.29. The first-order chi connectivity index (χ1) is 18.6. The number of nitrogens with two attached hydrogens (primary N) is 2. The molecule has 6 N–H and O–H groups in total. The molecule has 0 aromatic carbocycles. The molecular formula is C26H34F3N7O3. The van der Waals surface area contributed by atoms with Crippen LogP contribution in [0, 0.1) is 5.92 Å². The van der Waals surface area contributed by atoms with Gasteiger partial charge in [0.2, 0.25) is 5.88 Å². The first kappa shape index (κ1) is 27.3. The third-order valence-corrected chi connectivity index (χ3v) is 7.64. The molecule has 1 amide bonds. The van der Waals surface area contributed by atoms with Crippen molar-refractivity contribution in [3.8, 4) is 0 Å². The molecule has 2 aromatic rings. The molecule has 2 fully saturated rings. The second kappa shape index (κ2) is 11.1. The van der Waals surface area contributed by atoms with Crippen LogP contribution in [0.4, 0.5) is 36.1 Å². The SMILES string of the molecule is COC1CCN(CC2=Cc3oc(N)c(C(=O)Nc4cnccc4N4C[C@@H](N)C[C@@H](C(F)(F)F)C4)c3NC2)CC1. The molecule has 13 heteroatoms. The van der Waals surface area contributed by atoms with Crippen LogP contribution in [-0.4, -0.2) is 80.5 Å². The van der Waals surface area contributed by atoms with E-state index < -0.39 is 24.0 Å². The zero-order chi connectivity index (χ0) is 27.7. The summed E-state index contributed by atoms with van der Waals surface area (Å²) in [4.78, 5) is 21.3. The number of ether oxygens (including phenoxy) is 1. The lowest BCUT2D eigenvalue weighted by atomic mass is 9.93. The van der Waals surface area contributed by atoms with Crippen LogP contribution in [0.5, 0.6) is 0 Å². The van der Waals surface area contributed by atoms with Gasteiger partial charge in [0.1, 0.15) is 5.56 Å². The van der Waals surface area contributed by atoms with Crippen molar-refractivity contribution in [1.29, 1.82) is 0 Å². The molecule has 0 aliphatic carbocycles. The van der Waals surface area contributed by atoms with Crippen molar-refractivity contribution in [2.75, 3.05) is 67.6 Å². The summed E-state index contributed by atoms with van der Waals surface area (Å²) in [5.74, 6) is -1.70. The van der Waals surface area contributed by atoms with E-state index in [1.807, 2.05) is 6.08 Å². The molecule has 3 aliphatic rings. The fourth-order valence-electron chi connectivity index (χ4n) is 5.62. The van der Waals surface area contributed by atoms with Crippen molar-refractivity contribution >= 4 is 34.9 Å². The lowest BCUT2D eigenvalue weighted by molar-refractivity contribution is -0.177. The minimum Gasteiger partial charge on any atom is -0.438 e. The Balaban J connectivity index is 1.31. The number of pyridine rings is 1. The quantitative estimate of drug-likeness (QED) is 0.429. The number of methoxy groups -OCH3 is 1. The van der Waals surface area contributed by atoms with Crippen molar-refractivity contribution in [3.63, 3.8) is 0 Å². The molecule has 0 saturated carbocycles. The number of aromatic nitrogens is 1. The third-order valence-electron chi connectivity index (χ3n) is 7.64. The molecule has 5 rings (SSSR count). The molecule has 2 atom stereocenters. The highest BCUT2D eigenvalue weighted by Crippen LogP contribution is 2.38. The maximum Gasteiger partial charge on any atom is 0.393 e. The predicted octanol–water partition coefficient (Wildman–Crippen LogP) is 3.14. The number of nitrogen functional groups attached to an aromatic ring is 1. The van der Waals surface area contributed by atoms with E-state index in [1.165, 1.54) is 12.4 Å². The Morgan fingerprint density at radius 3 is 2.79 bits per heavy atom. The number of hydrogen-bond acceptors (Lipinski definition) is 9. The van der Waals surface area contributed by atoms with Gasteiger partial charge >= 0.3 is 6.18 Å². The maximum absolute atomic E-state index is 13.5. The topological polar surface area (TPSA) is 135 Å². The molecule has 39 heavy (non-hydrogen) atoms. The lowest BCUT2D eigenvalue weighted by Gasteiger charge is -2.39. The van der Waals surface area contributed by atoms with Gasteiger partial charge in [-0.05, 0) is 37.0 Å². The molecule has 5 heterocycles. The number of piperidine rings is 2. The molecular weight excluding hydrogens is 515 g/mol. The van der Waals surface area contributed by atoms with Gasteiger partial charge in [0, 0.05) is 58.6 Å². The largest absolute Gasteiger partial charge is 0.438 e. The number of nitrogens with one attached hydrogen (secondary N) is 2. The first-order valence-electron chi connectivity index (χ1n) is 13.1. The molecule has 0 spiro atoms. The number of furan rings is 1. The van der Waals surface area contributed by atoms with Crippen LogP contribution < -0.4 is 27.0 Å². The van der Waals surface area contributed by atoms with Crippen molar-refractivity contribution in [2.24, 2.45) is 11.7 Å². The standard InChI is InChI=1S/C26H34F3N7O3/c1-38-18-3-6-35(7-4-18)12-15-8-21-23(33-10-15)22(24(31)39-21)25(37)34-19-11-32-5-2-20(19)36-13-16(26(27,28)29)9-17(30)14-36/h2,5,8,11,16-18,33H,3-4,6-7,9-10,12-14,30-31H2,1H3,(H,34,37)/t16-,17+/m1/s1. The molecule has 2 aromatic heterocycles. The zero-order valence-electron chi connectivity index (χ0n) is 21.8. The molecule has 2 saturated heterocycles. The molecule has 3 aliphatic heterocycles. The van der Waals surface area contributed by atoms with Crippen LogP contribution >= 0.6 is 0 Å². The molecule has 212 valence electrons. The zero-order valence-corrected chi connectivity index (χ0v) is 21.8. The summed E-state index contributed by atoms with van der Waals surface area (Å²) in [6.45, 7) is 3.14. The number of amides is 1. The Labute approximate surface area is 224 Å². The van der Waals surface area contributed by atoms with Crippen LogP contribution in [0.2, 0.25) is 0 Å². The highest BCUT2D eigenvalue weighted by molar-refractivity contribution is 6.13. The number of likely N-dealkylation sites (tertiary alicyclic amines) is 1. The number of rotatable bonds is 6. The van der Waals surface area contributed by atoms with Crippen LogP contribution in [0.3, 0.4) is 0 Å². The van der Waals surface area contributed by atoms with E-state index in [0.717, 1.165) is 38.0 Å². The van der Waals surface area contributed by atoms with E-state index >= 15 is 0 Å².